The fourth-order valence-corrected chi connectivity index (χ4v) is 3.00. The van der Waals surface area contributed by atoms with Crippen LogP contribution in [0.4, 0.5) is 4.79 Å². The Hall–Kier alpha value is -2.83. The molecule has 2 aromatic rings. The summed E-state index contributed by atoms with van der Waals surface area (Å²) in [6.45, 7) is 9.19. The third-order valence-electron chi connectivity index (χ3n) is 4.44. The number of carbonyl (C=O) groups excluding carboxylic acids is 2. The van der Waals surface area contributed by atoms with Crippen LogP contribution in [0.5, 0.6) is 0 Å². The number of aryl methyl sites for hydroxylation is 2. The number of urea groups is 1. The molecule has 0 bridgehead atoms. The van der Waals surface area contributed by atoms with Crippen LogP contribution in [-0.4, -0.2) is 28.4 Å². The van der Waals surface area contributed by atoms with Crippen LogP contribution in [0.1, 0.15) is 48.8 Å². The highest BCUT2D eigenvalue weighted by Crippen LogP contribution is 2.17. The van der Waals surface area contributed by atoms with Crippen LogP contribution >= 0.6 is 0 Å². The van der Waals surface area contributed by atoms with E-state index in [1.54, 1.807) is 6.92 Å². The first-order chi connectivity index (χ1) is 13.0. The van der Waals surface area contributed by atoms with Gasteiger partial charge in [-0.2, -0.15) is 5.10 Å². The first-order valence-corrected chi connectivity index (χ1v) is 9.24. The van der Waals surface area contributed by atoms with Crippen molar-refractivity contribution in [1.29, 1.82) is 0 Å². The number of hydrogen-bond donors (Lipinski definition) is 2. The Kier molecular flexibility index (Phi) is 7.40. The number of ether oxygens (including phenoxy) is 1. The molecule has 2 N–H and O–H groups in total. The van der Waals surface area contributed by atoms with E-state index < -0.39 is 6.04 Å². The quantitative estimate of drug-likeness (QED) is 0.698. The predicted molar refractivity (Wildman–Crippen MR) is 103 cm³/mol. The molecule has 2 rings (SSSR count). The Bertz CT molecular complexity index is 771. The first-order valence-electron chi connectivity index (χ1n) is 9.24. The maximum Gasteiger partial charge on any atom is 0.315 e. The van der Waals surface area contributed by atoms with Crippen molar-refractivity contribution >= 4 is 12.0 Å². The van der Waals surface area contributed by atoms with Crippen molar-refractivity contribution in [1.82, 2.24) is 20.4 Å². The lowest BCUT2D eigenvalue weighted by atomic mass is 10.0. The minimum atomic E-state index is -0.453. The van der Waals surface area contributed by atoms with Gasteiger partial charge in [-0.3, -0.25) is 9.48 Å². The number of benzene rings is 1. The summed E-state index contributed by atoms with van der Waals surface area (Å²) in [6.07, 6.45) is 0.0805. The normalized spacial score (nSPS) is 11.7. The SMILES string of the molecule is CCOC(=O)CC(NC(=O)NCc1c(C)nn(CC)c1C)c1ccccc1. The molecule has 1 aromatic heterocycles. The highest BCUT2D eigenvalue weighted by Gasteiger charge is 2.19. The Morgan fingerprint density at radius 2 is 1.89 bits per heavy atom. The zero-order chi connectivity index (χ0) is 19.8. The monoisotopic (exact) mass is 372 g/mol. The van der Waals surface area contributed by atoms with Gasteiger partial charge in [0.05, 0.1) is 24.8 Å². The average molecular weight is 372 g/mol. The molecule has 27 heavy (non-hydrogen) atoms. The van der Waals surface area contributed by atoms with Gasteiger partial charge in [-0.25, -0.2) is 4.79 Å². The van der Waals surface area contributed by atoms with E-state index in [1.165, 1.54) is 0 Å². The molecule has 0 fully saturated rings. The topological polar surface area (TPSA) is 85.2 Å². The highest BCUT2D eigenvalue weighted by atomic mass is 16.5. The van der Waals surface area contributed by atoms with Crippen molar-refractivity contribution in [3.8, 4) is 0 Å². The van der Waals surface area contributed by atoms with Gasteiger partial charge in [-0.15, -0.1) is 0 Å². The Morgan fingerprint density at radius 1 is 1.19 bits per heavy atom. The van der Waals surface area contributed by atoms with Gasteiger partial charge in [0.25, 0.3) is 0 Å². The van der Waals surface area contributed by atoms with E-state index >= 15 is 0 Å². The summed E-state index contributed by atoms with van der Waals surface area (Å²) in [7, 11) is 0. The van der Waals surface area contributed by atoms with Crippen molar-refractivity contribution in [2.45, 2.75) is 53.2 Å². The molecular weight excluding hydrogens is 344 g/mol. The average Bonchev–Trinajstić information content (AvgIpc) is 2.93. The van der Waals surface area contributed by atoms with E-state index in [2.05, 4.69) is 15.7 Å². The molecular formula is C20H28N4O3. The maximum atomic E-state index is 12.4. The minimum Gasteiger partial charge on any atom is -0.466 e. The van der Waals surface area contributed by atoms with Crippen molar-refractivity contribution in [2.24, 2.45) is 0 Å². The molecule has 0 aliphatic heterocycles. The zero-order valence-corrected chi connectivity index (χ0v) is 16.4. The van der Waals surface area contributed by atoms with E-state index in [1.807, 2.05) is 55.8 Å². The van der Waals surface area contributed by atoms with Gasteiger partial charge < -0.3 is 15.4 Å². The summed E-state index contributed by atoms with van der Waals surface area (Å²) in [6, 6.07) is 8.61. The van der Waals surface area contributed by atoms with E-state index in [-0.39, 0.29) is 18.4 Å². The number of amides is 2. The second-order valence-corrected chi connectivity index (χ2v) is 6.26. The number of hydrogen-bond acceptors (Lipinski definition) is 4. The Morgan fingerprint density at radius 3 is 2.48 bits per heavy atom. The largest absolute Gasteiger partial charge is 0.466 e. The second-order valence-electron chi connectivity index (χ2n) is 6.26. The number of carbonyl (C=O) groups is 2. The fraction of sp³-hybridized carbons (Fsp3) is 0.450. The van der Waals surface area contributed by atoms with Crippen LogP contribution in [0.3, 0.4) is 0 Å². The lowest BCUT2D eigenvalue weighted by molar-refractivity contribution is -0.143. The smallest absolute Gasteiger partial charge is 0.315 e. The van der Waals surface area contributed by atoms with Gasteiger partial charge in [0.2, 0.25) is 0 Å². The summed E-state index contributed by atoms with van der Waals surface area (Å²) in [4.78, 5) is 24.3. The first kappa shape index (κ1) is 20.5. The van der Waals surface area contributed by atoms with Gasteiger partial charge in [0, 0.05) is 24.3 Å². The summed E-state index contributed by atoms with van der Waals surface area (Å²) >= 11 is 0. The van der Waals surface area contributed by atoms with Crippen LogP contribution < -0.4 is 10.6 Å². The molecule has 0 spiro atoms. The van der Waals surface area contributed by atoms with Crippen molar-refractivity contribution in [3.63, 3.8) is 0 Å². The van der Waals surface area contributed by atoms with Gasteiger partial charge in [0.15, 0.2) is 0 Å². The number of nitrogens with zero attached hydrogens (tertiary/aromatic N) is 2. The third kappa shape index (κ3) is 5.57. The molecule has 1 unspecified atom stereocenters. The summed E-state index contributed by atoms with van der Waals surface area (Å²) in [5, 5.41) is 10.2. The second kappa shape index (κ2) is 9.75. The van der Waals surface area contributed by atoms with Crippen molar-refractivity contribution < 1.29 is 14.3 Å². The molecule has 1 aromatic carbocycles. The molecule has 0 aliphatic rings. The molecule has 0 saturated carbocycles. The van der Waals surface area contributed by atoms with Gasteiger partial charge in [-0.05, 0) is 33.3 Å². The van der Waals surface area contributed by atoms with Crippen LogP contribution in [0.2, 0.25) is 0 Å². The molecule has 0 aliphatic carbocycles. The molecule has 1 heterocycles. The van der Waals surface area contributed by atoms with E-state index in [0.29, 0.717) is 13.2 Å². The summed E-state index contributed by atoms with van der Waals surface area (Å²) in [5.74, 6) is -0.345. The number of rotatable bonds is 8. The minimum absolute atomic E-state index is 0.0805. The van der Waals surface area contributed by atoms with Crippen molar-refractivity contribution in [3.05, 3.63) is 52.8 Å². The van der Waals surface area contributed by atoms with Crippen LogP contribution in [0, 0.1) is 13.8 Å². The number of aromatic nitrogens is 2. The number of esters is 1. The van der Waals surface area contributed by atoms with Crippen LogP contribution in [0.15, 0.2) is 30.3 Å². The van der Waals surface area contributed by atoms with Crippen LogP contribution in [0.25, 0.3) is 0 Å². The lowest BCUT2D eigenvalue weighted by Crippen LogP contribution is -2.38. The molecule has 0 radical (unpaired) electrons. The van der Waals surface area contributed by atoms with Crippen molar-refractivity contribution in [2.75, 3.05) is 6.61 Å². The zero-order valence-electron chi connectivity index (χ0n) is 16.4. The molecule has 0 saturated heterocycles. The maximum absolute atomic E-state index is 12.4. The van der Waals surface area contributed by atoms with Gasteiger partial charge >= 0.3 is 12.0 Å². The molecule has 1 atom stereocenters. The van der Waals surface area contributed by atoms with E-state index in [0.717, 1.165) is 29.1 Å². The predicted octanol–water partition coefficient (Wildman–Crippen LogP) is 3.01. The van der Waals surface area contributed by atoms with Gasteiger partial charge in [-0.1, -0.05) is 30.3 Å². The Balaban J connectivity index is 2.03. The fourth-order valence-electron chi connectivity index (χ4n) is 3.00. The van der Waals surface area contributed by atoms with E-state index in [9.17, 15) is 9.59 Å². The number of nitrogens with one attached hydrogen (secondary N) is 2. The van der Waals surface area contributed by atoms with Gasteiger partial charge in [0.1, 0.15) is 0 Å². The standard InChI is InChI=1S/C20H28N4O3/c1-5-24-15(4)17(14(3)23-24)13-21-20(26)22-18(12-19(25)27-6-2)16-10-8-7-9-11-16/h7-11,18H,5-6,12-13H2,1-4H3,(H2,21,22,26). The highest BCUT2D eigenvalue weighted by molar-refractivity contribution is 5.76. The lowest BCUT2D eigenvalue weighted by Gasteiger charge is -2.19. The third-order valence-corrected chi connectivity index (χ3v) is 4.44. The Labute approximate surface area is 160 Å². The molecule has 2 amide bonds. The summed E-state index contributed by atoms with van der Waals surface area (Å²) < 4.78 is 6.94. The molecule has 7 heteroatoms. The molecule has 7 nitrogen and oxygen atoms in total. The summed E-state index contributed by atoms with van der Waals surface area (Å²) in [5.41, 5.74) is 3.81. The molecule has 146 valence electrons. The van der Waals surface area contributed by atoms with E-state index in [4.69, 9.17) is 4.74 Å². The van der Waals surface area contributed by atoms with Crippen LogP contribution in [-0.2, 0) is 22.6 Å².